The number of aliphatic hydroxyl groups is 1. The molecule has 1 N–H and O–H groups in total. The summed E-state index contributed by atoms with van der Waals surface area (Å²) in [6.07, 6.45) is 21.8. The van der Waals surface area contributed by atoms with Crippen LogP contribution in [0.5, 0.6) is 0 Å². The second-order valence-electron chi connectivity index (χ2n) is 7.91. The largest absolute Gasteiger partial charge is 0.393 e. The molecule has 0 bridgehead atoms. The van der Waals surface area contributed by atoms with Crippen molar-refractivity contribution in [1.82, 2.24) is 0 Å². The van der Waals surface area contributed by atoms with Gasteiger partial charge in [0, 0.05) is 0 Å². The quantitative estimate of drug-likeness (QED) is 0.668. The Balaban J connectivity index is 1.70. The molecule has 0 aromatic carbocycles. The van der Waals surface area contributed by atoms with Gasteiger partial charge in [-0.3, -0.25) is 0 Å². The molecule has 21 heavy (non-hydrogen) atoms. The van der Waals surface area contributed by atoms with Gasteiger partial charge in [0.2, 0.25) is 0 Å². The summed E-state index contributed by atoms with van der Waals surface area (Å²) >= 11 is 0. The molecule has 0 unspecified atom stereocenters. The Morgan fingerprint density at radius 2 is 1.10 bits per heavy atom. The SMILES string of the molecule is OC1CCC(C=C(C2CCCCC2)C2CCCCC2)CC1. The van der Waals surface area contributed by atoms with Crippen LogP contribution in [0, 0.1) is 17.8 Å². The lowest BCUT2D eigenvalue weighted by Crippen LogP contribution is -2.22. The van der Waals surface area contributed by atoms with E-state index < -0.39 is 0 Å². The molecule has 1 heteroatoms. The summed E-state index contributed by atoms with van der Waals surface area (Å²) in [5, 5.41) is 9.74. The molecule has 0 saturated heterocycles. The van der Waals surface area contributed by atoms with Crippen LogP contribution in [-0.4, -0.2) is 11.2 Å². The van der Waals surface area contributed by atoms with E-state index in [1.165, 1.54) is 77.0 Å². The van der Waals surface area contributed by atoms with Crippen LogP contribution in [0.15, 0.2) is 11.6 Å². The lowest BCUT2D eigenvalue weighted by Gasteiger charge is -2.34. The van der Waals surface area contributed by atoms with Gasteiger partial charge in [-0.15, -0.1) is 0 Å². The van der Waals surface area contributed by atoms with E-state index in [4.69, 9.17) is 0 Å². The van der Waals surface area contributed by atoms with Gasteiger partial charge in [-0.2, -0.15) is 0 Å². The van der Waals surface area contributed by atoms with Crippen LogP contribution in [-0.2, 0) is 0 Å². The molecule has 0 aromatic heterocycles. The maximum Gasteiger partial charge on any atom is 0.0540 e. The third-order valence-corrected chi connectivity index (χ3v) is 6.32. The third kappa shape index (κ3) is 4.34. The first-order valence-corrected chi connectivity index (χ1v) is 9.72. The number of aliphatic hydroxyl groups excluding tert-OH is 1. The lowest BCUT2D eigenvalue weighted by atomic mass is 9.72. The van der Waals surface area contributed by atoms with Gasteiger partial charge in [-0.1, -0.05) is 50.2 Å². The first-order chi connectivity index (χ1) is 10.3. The van der Waals surface area contributed by atoms with E-state index in [0.29, 0.717) is 0 Å². The fourth-order valence-electron chi connectivity index (χ4n) is 5.02. The average molecular weight is 290 g/mol. The summed E-state index contributed by atoms with van der Waals surface area (Å²) in [6, 6.07) is 0. The molecule has 3 fully saturated rings. The third-order valence-electron chi connectivity index (χ3n) is 6.32. The van der Waals surface area contributed by atoms with Crippen molar-refractivity contribution < 1.29 is 5.11 Å². The van der Waals surface area contributed by atoms with Crippen LogP contribution in [0.25, 0.3) is 0 Å². The van der Waals surface area contributed by atoms with Crippen molar-refractivity contribution in [2.75, 3.05) is 0 Å². The minimum Gasteiger partial charge on any atom is -0.393 e. The fraction of sp³-hybridized carbons (Fsp3) is 0.900. The summed E-state index contributed by atoms with van der Waals surface area (Å²) in [7, 11) is 0. The normalized spacial score (nSPS) is 32.8. The predicted octanol–water partition coefficient (Wildman–Crippen LogP) is 5.62. The van der Waals surface area contributed by atoms with Crippen molar-refractivity contribution in [3.8, 4) is 0 Å². The molecule has 3 aliphatic carbocycles. The summed E-state index contributed by atoms with van der Waals surface area (Å²) in [4.78, 5) is 0. The Kier molecular flexibility index (Phi) is 5.80. The van der Waals surface area contributed by atoms with Gasteiger partial charge >= 0.3 is 0 Å². The molecule has 0 atom stereocenters. The van der Waals surface area contributed by atoms with Gasteiger partial charge in [0.25, 0.3) is 0 Å². The number of allylic oxidation sites excluding steroid dienone is 2. The maximum absolute atomic E-state index is 9.74. The summed E-state index contributed by atoms with van der Waals surface area (Å²) in [6.45, 7) is 0. The van der Waals surface area contributed by atoms with E-state index in [0.717, 1.165) is 30.6 Å². The average Bonchev–Trinajstić information content (AvgIpc) is 2.56. The highest BCUT2D eigenvalue weighted by atomic mass is 16.3. The van der Waals surface area contributed by atoms with Crippen molar-refractivity contribution in [2.24, 2.45) is 17.8 Å². The fourth-order valence-corrected chi connectivity index (χ4v) is 5.02. The molecule has 0 amide bonds. The van der Waals surface area contributed by atoms with E-state index in [1.807, 2.05) is 5.57 Å². The number of hydrogen-bond acceptors (Lipinski definition) is 1. The molecule has 0 aromatic rings. The predicted molar refractivity (Wildman–Crippen MR) is 89.2 cm³/mol. The number of rotatable bonds is 3. The second-order valence-corrected chi connectivity index (χ2v) is 7.91. The first-order valence-electron chi connectivity index (χ1n) is 9.72. The molecule has 0 aliphatic heterocycles. The van der Waals surface area contributed by atoms with Crippen LogP contribution >= 0.6 is 0 Å². The summed E-state index contributed by atoms with van der Waals surface area (Å²) in [5.41, 5.74) is 1.87. The van der Waals surface area contributed by atoms with Crippen LogP contribution in [0.3, 0.4) is 0 Å². The number of hydrogen-bond donors (Lipinski definition) is 1. The molecule has 120 valence electrons. The highest BCUT2D eigenvalue weighted by molar-refractivity contribution is 5.14. The smallest absolute Gasteiger partial charge is 0.0540 e. The zero-order chi connectivity index (χ0) is 14.5. The lowest BCUT2D eigenvalue weighted by molar-refractivity contribution is 0.117. The minimum atomic E-state index is -0.0116. The van der Waals surface area contributed by atoms with Crippen LogP contribution in [0.2, 0.25) is 0 Å². The maximum atomic E-state index is 9.74. The van der Waals surface area contributed by atoms with Gasteiger partial charge in [-0.25, -0.2) is 0 Å². The van der Waals surface area contributed by atoms with Crippen molar-refractivity contribution in [1.29, 1.82) is 0 Å². The van der Waals surface area contributed by atoms with Crippen LogP contribution in [0.1, 0.15) is 89.9 Å². The van der Waals surface area contributed by atoms with Gasteiger partial charge in [-0.05, 0) is 69.1 Å². The van der Waals surface area contributed by atoms with Gasteiger partial charge in [0.15, 0.2) is 0 Å². The first kappa shape index (κ1) is 15.6. The molecular weight excluding hydrogens is 256 g/mol. The summed E-state index contributed by atoms with van der Waals surface area (Å²) < 4.78 is 0. The van der Waals surface area contributed by atoms with Crippen molar-refractivity contribution in [3.05, 3.63) is 11.6 Å². The van der Waals surface area contributed by atoms with Gasteiger partial charge < -0.3 is 5.11 Å². The van der Waals surface area contributed by atoms with Crippen molar-refractivity contribution in [3.63, 3.8) is 0 Å². The highest BCUT2D eigenvalue weighted by Gasteiger charge is 2.27. The molecule has 3 rings (SSSR count). The highest BCUT2D eigenvalue weighted by Crippen LogP contribution is 2.41. The van der Waals surface area contributed by atoms with Crippen molar-refractivity contribution in [2.45, 2.75) is 96.0 Å². The molecule has 3 aliphatic rings. The Bertz CT molecular complexity index is 306. The van der Waals surface area contributed by atoms with E-state index in [9.17, 15) is 5.11 Å². The zero-order valence-electron chi connectivity index (χ0n) is 13.7. The molecular formula is C20H34O. The zero-order valence-corrected chi connectivity index (χ0v) is 13.7. The van der Waals surface area contributed by atoms with Crippen LogP contribution < -0.4 is 0 Å². The Morgan fingerprint density at radius 3 is 1.57 bits per heavy atom. The standard InChI is InChI=1S/C20H34O/c21-19-13-11-16(12-14-19)15-20(17-7-3-1-4-8-17)18-9-5-2-6-10-18/h15-19,21H,1-14H2. The molecule has 1 nitrogen and oxygen atoms in total. The summed E-state index contributed by atoms with van der Waals surface area (Å²) in [5.74, 6) is 2.59. The Labute approximate surface area is 131 Å². The van der Waals surface area contributed by atoms with E-state index in [2.05, 4.69) is 6.08 Å². The molecule has 0 spiro atoms. The van der Waals surface area contributed by atoms with Crippen LogP contribution in [0.4, 0.5) is 0 Å². The van der Waals surface area contributed by atoms with E-state index >= 15 is 0 Å². The molecule has 3 saturated carbocycles. The van der Waals surface area contributed by atoms with E-state index in [1.54, 1.807) is 0 Å². The topological polar surface area (TPSA) is 20.2 Å². The van der Waals surface area contributed by atoms with Gasteiger partial charge in [0.05, 0.1) is 6.10 Å². The Morgan fingerprint density at radius 1 is 0.619 bits per heavy atom. The minimum absolute atomic E-state index is 0.0116. The molecule has 0 radical (unpaired) electrons. The Hall–Kier alpha value is -0.300. The molecule has 0 heterocycles. The van der Waals surface area contributed by atoms with E-state index in [-0.39, 0.29) is 6.10 Å². The van der Waals surface area contributed by atoms with Gasteiger partial charge in [0.1, 0.15) is 0 Å². The monoisotopic (exact) mass is 290 g/mol. The van der Waals surface area contributed by atoms with Crippen molar-refractivity contribution >= 4 is 0 Å². The second kappa shape index (κ2) is 7.81.